The van der Waals surface area contributed by atoms with Crippen molar-refractivity contribution in [3.63, 3.8) is 0 Å². The number of benzene rings is 1. The topological polar surface area (TPSA) is 70.8 Å². The summed E-state index contributed by atoms with van der Waals surface area (Å²) in [4.78, 5) is 14.5. The Morgan fingerprint density at radius 1 is 1.14 bits per heavy atom. The van der Waals surface area contributed by atoms with Crippen LogP contribution in [0, 0.1) is 0 Å². The number of fused-ring (bicyclic) bond motifs is 3. The van der Waals surface area contributed by atoms with Crippen LogP contribution in [0.4, 0.5) is 11.8 Å². The number of aromatic nitrogens is 3. The van der Waals surface area contributed by atoms with Crippen LogP contribution in [0.15, 0.2) is 24.4 Å². The molecule has 0 saturated heterocycles. The maximum Gasteiger partial charge on any atom is 0.199 e. The maximum atomic E-state index is 5.97. The fraction of sp³-hybridized carbons (Fsp3) is 0.375. The Morgan fingerprint density at radius 3 is 2.62 bits per heavy atom. The monoisotopic (exact) mass is 283 g/mol. The highest BCUT2D eigenvalue weighted by Crippen LogP contribution is 2.31. The highest BCUT2D eigenvalue weighted by molar-refractivity contribution is 6.10. The summed E-state index contributed by atoms with van der Waals surface area (Å²) >= 11 is 0. The second kappa shape index (κ2) is 5.60. The molecule has 0 atom stereocenters. The lowest BCUT2D eigenvalue weighted by Crippen LogP contribution is -2.26. The molecule has 3 rings (SSSR count). The fourth-order valence-corrected chi connectivity index (χ4v) is 2.86. The van der Waals surface area contributed by atoms with Crippen LogP contribution in [0.3, 0.4) is 0 Å². The zero-order valence-corrected chi connectivity index (χ0v) is 12.6. The third-order valence-corrected chi connectivity index (χ3v) is 3.68. The molecule has 3 aromatic rings. The van der Waals surface area contributed by atoms with E-state index in [2.05, 4.69) is 33.7 Å². The van der Waals surface area contributed by atoms with Crippen molar-refractivity contribution in [2.45, 2.75) is 26.7 Å². The quantitative estimate of drug-likeness (QED) is 0.753. The van der Waals surface area contributed by atoms with Gasteiger partial charge in [0.05, 0.1) is 16.4 Å². The van der Waals surface area contributed by atoms with E-state index in [0.717, 1.165) is 53.6 Å². The fourth-order valence-electron chi connectivity index (χ4n) is 2.86. The van der Waals surface area contributed by atoms with Gasteiger partial charge in [-0.1, -0.05) is 13.8 Å². The lowest BCUT2D eigenvalue weighted by atomic mass is 10.1. The highest BCUT2D eigenvalue weighted by atomic mass is 15.2. The van der Waals surface area contributed by atoms with E-state index < -0.39 is 0 Å². The third-order valence-electron chi connectivity index (χ3n) is 3.68. The zero-order valence-electron chi connectivity index (χ0n) is 12.6. The van der Waals surface area contributed by atoms with Gasteiger partial charge in [-0.15, -0.1) is 0 Å². The van der Waals surface area contributed by atoms with Crippen LogP contribution >= 0.6 is 0 Å². The van der Waals surface area contributed by atoms with Gasteiger partial charge in [0.1, 0.15) is 5.82 Å². The van der Waals surface area contributed by atoms with E-state index in [-0.39, 0.29) is 0 Å². The number of hydrogen-bond donors (Lipinski definition) is 2. The predicted octanol–water partition coefficient (Wildman–Crippen LogP) is 3.32. The number of nitrogens with one attached hydrogen (secondary N) is 1. The number of nitrogens with zero attached hydrogens (tertiary/aromatic N) is 3. The standard InChI is InChI=1S/C16H21N5/c1-3-9-21(10-4-2)15-14-11-7-8-18-12(11)5-6-13(14)19-16(17)20-15/h5-8H,3-4,9-10H2,1-2H3,(H3,17,19,20). The molecule has 2 heterocycles. The van der Waals surface area contributed by atoms with Gasteiger partial charge in [-0.25, -0.2) is 0 Å². The van der Waals surface area contributed by atoms with Crippen LogP contribution in [0.25, 0.3) is 21.8 Å². The number of nitrogens with two attached hydrogens (primary N) is 1. The summed E-state index contributed by atoms with van der Waals surface area (Å²) in [6.45, 7) is 6.32. The number of rotatable bonds is 5. The average Bonchev–Trinajstić information content (AvgIpc) is 2.94. The molecule has 110 valence electrons. The zero-order chi connectivity index (χ0) is 14.8. The molecule has 0 aliphatic carbocycles. The molecule has 0 fully saturated rings. The van der Waals surface area contributed by atoms with Gasteiger partial charge in [0.25, 0.3) is 0 Å². The predicted molar refractivity (Wildman–Crippen MR) is 88.6 cm³/mol. The first-order valence-electron chi connectivity index (χ1n) is 7.52. The summed E-state index contributed by atoms with van der Waals surface area (Å²) in [5.74, 6) is 1.41. The van der Waals surface area contributed by atoms with Gasteiger partial charge in [0.15, 0.2) is 5.95 Å². The maximum absolute atomic E-state index is 5.97. The van der Waals surface area contributed by atoms with Gasteiger partial charge in [-0.3, -0.25) is 4.98 Å². The molecule has 0 aliphatic heterocycles. The van der Waals surface area contributed by atoms with Crippen molar-refractivity contribution >= 4 is 33.6 Å². The second-order valence-electron chi connectivity index (χ2n) is 5.30. The molecule has 5 nitrogen and oxygen atoms in total. The van der Waals surface area contributed by atoms with Crippen LogP contribution in [0.2, 0.25) is 0 Å². The number of anilines is 2. The Labute approximate surface area is 124 Å². The molecular weight excluding hydrogens is 262 g/mol. The lowest BCUT2D eigenvalue weighted by Gasteiger charge is -2.24. The van der Waals surface area contributed by atoms with Crippen LogP contribution in [-0.4, -0.2) is 28.0 Å². The van der Waals surface area contributed by atoms with Crippen LogP contribution in [0.1, 0.15) is 26.7 Å². The normalized spacial score (nSPS) is 11.3. The summed E-state index contributed by atoms with van der Waals surface area (Å²) in [5.41, 5.74) is 7.97. The van der Waals surface area contributed by atoms with Crippen molar-refractivity contribution < 1.29 is 0 Å². The number of nitrogen functional groups attached to an aromatic ring is 1. The second-order valence-corrected chi connectivity index (χ2v) is 5.30. The summed E-state index contributed by atoms with van der Waals surface area (Å²) in [5, 5.41) is 2.24. The first-order chi connectivity index (χ1) is 10.2. The van der Waals surface area contributed by atoms with E-state index >= 15 is 0 Å². The molecular formula is C16H21N5. The van der Waals surface area contributed by atoms with Gasteiger partial charge in [-0.2, -0.15) is 4.98 Å². The van der Waals surface area contributed by atoms with E-state index in [0.29, 0.717) is 5.95 Å². The molecule has 0 spiro atoms. The first kappa shape index (κ1) is 13.7. The summed E-state index contributed by atoms with van der Waals surface area (Å²) < 4.78 is 0. The SMILES string of the molecule is CCCN(CCC)c1nc(N)[nH]c2ccc3nccc3c12. The van der Waals surface area contributed by atoms with Crippen LogP contribution in [-0.2, 0) is 0 Å². The van der Waals surface area contributed by atoms with Crippen molar-refractivity contribution in [2.24, 2.45) is 0 Å². The highest BCUT2D eigenvalue weighted by Gasteiger charge is 2.15. The minimum Gasteiger partial charge on any atom is -0.369 e. The Bertz CT molecular complexity index is 756. The largest absolute Gasteiger partial charge is 0.369 e. The van der Waals surface area contributed by atoms with Crippen molar-refractivity contribution in [1.29, 1.82) is 0 Å². The molecule has 0 amide bonds. The molecule has 1 aromatic carbocycles. The van der Waals surface area contributed by atoms with Crippen molar-refractivity contribution in [2.75, 3.05) is 23.7 Å². The Morgan fingerprint density at radius 2 is 1.90 bits per heavy atom. The molecule has 3 N–H and O–H groups in total. The van der Waals surface area contributed by atoms with Crippen molar-refractivity contribution in [3.05, 3.63) is 24.4 Å². The molecule has 0 unspecified atom stereocenters. The van der Waals surface area contributed by atoms with Gasteiger partial charge < -0.3 is 15.6 Å². The van der Waals surface area contributed by atoms with Gasteiger partial charge in [0.2, 0.25) is 0 Å². The summed E-state index contributed by atoms with van der Waals surface area (Å²) in [7, 11) is 0. The van der Waals surface area contributed by atoms with Gasteiger partial charge in [-0.05, 0) is 31.0 Å². The van der Waals surface area contributed by atoms with Gasteiger partial charge in [0, 0.05) is 24.7 Å². The van der Waals surface area contributed by atoms with E-state index in [4.69, 9.17) is 5.73 Å². The molecule has 0 radical (unpaired) electrons. The summed E-state index contributed by atoms with van der Waals surface area (Å²) in [6, 6.07) is 6.09. The smallest absolute Gasteiger partial charge is 0.199 e. The van der Waals surface area contributed by atoms with E-state index in [9.17, 15) is 0 Å². The molecule has 2 aromatic heterocycles. The van der Waals surface area contributed by atoms with Crippen molar-refractivity contribution in [1.82, 2.24) is 15.0 Å². The molecule has 0 saturated carbocycles. The number of aromatic amines is 1. The third kappa shape index (κ3) is 2.39. The minimum absolute atomic E-state index is 0.452. The summed E-state index contributed by atoms with van der Waals surface area (Å²) in [6.07, 6.45) is 4.00. The Hall–Kier alpha value is -2.30. The number of hydrogen-bond acceptors (Lipinski definition) is 4. The van der Waals surface area contributed by atoms with E-state index in [1.807, 2.05) is 24.4 Å². The average molecular weight is 283 g/mol. The lowest BCUT2D eigenvalue weighted by molar-refractivity contribution is 0.737. The van der Waals surface area contributed by atoms with Crippen LogP contribution < -0.4 is 10.6 Å². The molecule has 5 heteroatoms. The van der Waals surface area contributed by atoms with E-state index in [1.54, 1.807) is 0 Å². The first-order valence-corrected chi connectivity index (χ1v) is 7.52. The molecule has 0 bridgehead atoms. The molecule has 21 heavy (non-hydrogen) atoms. The molecule has 0 aliphatic rings. The van der Waals surface area contributed by atoms with E-state index in [1.165, 1.54) is 0 Å². The van der Waals surface area contributed by atoms with Gasteiger partial charge >= 0.3 is 0 Å². The number of H-pyrrole nitrogens is 1. The van der Waals surface area contributed by atoms with Crippen molar-refractivity contribution in [3.8, 4) is 0 Å². The Balaban J connectivity index is 2.30. The minimum atomic E-state index is 0.452. The Kier molecular flexibility index (Phi) is 3.64. The van der Waals surface area contributed by atoms with Crippen LogP contribution in [0.5, 0.6) is 0 Å².